The van der Waals surface area contributed by atoms with E-state index in [1.54, 1.807) is 0 Å². The van der Waals surface area contributed by atoms with Crippen molar-refractivity contribution >= 4 is 170 Å². The molecule has 0 aliphatic carbocycles. The summed E-state index contributed by atoms with van der Waals surface area (Å²) in [6.07, 6.45) is 0. The molecule has 0 saturated carbocycles. The van der Waals surface area contributed by atoms with Gasteiger partial charge in [0.05, 0.1) is 0 Å². The maximum atomic E-state index is 2.38. The molecule has 0 bridgehead atoms. The zero-order chi connectivity index (χ0) is 35.3. The third-order valence-electron chi connectivity index (χ3n) is 12.3. The second kappa shape index (κ2) is 11.9. The second-order valence-electron chi connectivity index (χ2n) is 14.7. The summed E-state index contributed by atoms with van der Waals surface area (Å²) in [6, 6.07) is 40.9. The smallest absolute Gasteiger partial charge is 0.135 e. The van der Waals surface area contributed by atoms with E-state index in [4.69, 9.17) is 0 Å². The van der Waals surface area contributed by atoms with Crippen LogP contribution >= 0.6 is 11.3 Å². The lowest BCUT2D eigenvalue weighted by Crippen LogP contribution is -2.50. The zero-order valence-corrected chi connectivity index (χ0v) is 31.6. The lowest BCUT2D eigenvalue weighted by Gasteiger charge is -2.28. The van der Waals surface area contributed by atoms with Crippen LogP contribution in [-0.2, 0) is 0 Å². The molecule has 9 heteroatoms. The van der Waals surface area contributed by atoms with Crippen LogP contribution in [0.4, 0.5) is 0 Å². The van der Waals surface area contributed by atoms with Crippen LogP contribution in [0.5, 0.6) is 0 Å². The summed E-state index contributed by atoms with van der Waals surface area (Å²) in [5.41, 5.74) is 18.9. The number of thiophene rings is 1. The molecule has 232 valence electrons. The summed E-state index contributed by atoms with van der Waals surface area (Å²) in [5, 5.41) is 10.8. The van der Waals surface area contributed by atoms with Gasteiger partial charge in [0.15, 0.2) is 0 Å². The molecule has 0 amide bonds. The average molecular weight is 657 g/mol. The van der Waals surface area contributed by atoms with E-state index in [1.807, 2.05) is 11.3 Å². The van der Waals surface area contributed by atoms with Crippen molar-refractivity contribution in [2.24, 2.45) is 0 Å². The number of hydrogen-bond acceptors (Lipinski definition) is 1. The van der Waals surface area contributed by atoms with Gasteiger partial charge >= 0.3 is 0 Å². The Balaban J connectivity index is 1.40. The minimum Gasteiger partial charge on any atom is -0.135 e. The normalized spacial score (nSPS) is 11.8. The van der Waals surface area contributed by atoms with E-state index in [0.717, 1.165) is 0 Å². The van der Waals surface area contributed by atoms with Crippen LogP contribution in [0.1, 0.15) is 0 Å². The van der Waals surface area contributed by atoms with Gasteiger partial charge in [-0.1, -0.05) is 113 Å². The zero-order valence-electron chi connectivity index (χ0n) is 30.8. The van der Waals surface area contributed by atoms with Crippen LogP contribution in [-0.4, -0.2) is 62.8 Å². The molecular formula is C42H34B8S. The number of hydrogen-bond donors (Lipinski definition) is 0. The van der Waals surface area contributed by atoms with E-state index in [-0.39, 0.29) is 0 Å². The molecule has 8 aromatic carbocycles. The third kappa shape index (κ3) is 4.70. The van der Waals surface area contributed by atoms with Crippen molar-refractivity contribution in [3.63, 3.8) is 0 Å². The molecule has 0 spiro atoms. The first-order valence-electron chi connectivity index (χ1n) is 18.1. The predicted molar refractivity (Wildman–Crippen MR) is 254 cm³/mol. The summed E-state index contributed by atoms with van der Waals surface area (Å²) < 4.78 is 2.69. The fourth-order valence-electron chi connectivity index (χ4n) is 8.86. The highest BCUT2D eigenvalue weighted by molar-refractivity contribution is 7.25. The van der Waals surface area contributed by atoms with E-state index in [0.29, 0.717) is 0 Å². The quantitative estimate of drug-likeness (QED) is 0.162. The number of fused-ring (bicyclic) bond motifs is 6. The highest BCUT2D eigenvalue weighted by Gasteiger charge is 2.25. The molecule has 9 aromatic rings. The molecule has 0 fully saturated rings. The SMILES string of the molecule is Bc1c(B)c(B)c2c(-c3cccc4ccccc34)c3c(B)c(B)c(B)c(B)c3c(-c3ccc(-c4ccc5sc6ccccc6c5c4)cc3)c2c1B. The van der Waals surface area contributed by atoms with Gasteiger partial charge in [0.1, 0.15) is 62.8 Å². The lowest BCUT2D eigenvalue weighted by atomic mass is 9.59. The fourth-order valence-corrected chi connectivity index (χ4v) is 9.95. The summed E-state index contributed by atoms with van der Waals surface area (Å²) in [7, 11) is 18.7. The van der Waals surface area contributed by atoms with Crippen molar-refractivity contribution in [2.45, 2.75) is 0 Å². The topological polar surface area (TPSA) is 0 Å². The largest absolute Gasteiger partial charge is 0.139 e. The van der Waals surface area contributed by atoms with Gasteiger partial charge in [-0.3, -0.25) is 0 Å². The molecule has 0 atom stereocenters. The Morgan fingerprint density at radius 3 is 1.43 bits per heavy atom. The third-order valence-corrected chi connectivity index (χ3v) is 13.5. The lowest BCUT2D eigenvalue weighted by molar-refractivity contribution is 1.65. The van der Waals surface area contributed by atoms with E-state index in [9.17, 15) is 0 Å². The van der Waals surface area contributed by atoms with E-state index in [2.05, 4.69) is 172 Å². The molecule has 0 N–H and O–H groups in total. The van der Waals surface area contributed by atoms with Gasteiger partial charge < -0.3 is 0 Å². The maximum Gasteiger partial charge on any atom is 0.139 e. The van der Waals surface area contributed by atoms with Crippen LogP contribution in [0.2, 0.25) is 0 Å². The Bertz CT molecular complexity index is 2860. The minimum atomic E-state index is 1.25. The summed E-state index contributed by atoms with van der Waals surface area (Å²) in [4.78, 5) is 0. The molecule has 51 heavy (non-hydrogen) atoms. The highest BCUT2D eigenvalue weighted by atomic mass is 32.1. The van der Waals surface area contributed by atoms with Gasteiger partial charge in [-0.25, -0.2) is 0 Å². The van der Waals surface area contributed by atoms with Gasteiger partial charge in [-0.15, -0.1) is 33.2 Å². The van der Waals surface area contributed by atoms with E-state index in [1.165, 1.54) is 130 Å². The van der Waals surface area contributed by atoms with Crippen molar-refractivity contribution in [3.05, 3.63) is 109 Å². The first-order valence-corrected chi connectivity index (χ1v) is 18.9. The van der Waals surface area contributed by atoms with Crippen molar-refractivity contribution in [2.75, 3.05) is 0 Å². The van der Waals surface area contributed by atoms with Gasteiger partial charge in [0.2, 0.25) is 0 Å². The van der Waals surface area contributed by atoms with Crippen LogP contribution in [0, 0.1) is 0 Å². The monoisotopic (exact) mass is 658 g/mol. The maximum absolute atomic E-state index is 2.38. The minimum absolute atomic E-state index is 1.25. The molecule has 0 aliphatic rings. The molecular weight excluding hydrogens is 623 g/mol. The van der Waals surface area contributed by atoms with Gasteiger partial charge in [-0.2, -0.15) is 0 Å². The molecule has 0 nitrogen and oxygen atoms in total. The Morgan fingerprint density at radius 2 is 0.804 bits per heavy atom. The Labute approximate surface area is 311 Å². The second-order valence-corrected chi connectivity index (χ2v) is 15.7. The summed E-state index contributed by atoms with van der Waals surface area (Å²) >= 11 is 1.88. The summed E-state index contributed by atoms with van der Waals surface area (Å²) in [6.45, 7) is 0. The molecule has 0 aliphatic heterocycles. The van der Waals surface area contributed by atoms with Gasteiger partial charge in [0.25, 0.3) is 0 Å². The average Bonchev–Trinajstić information content (AvgIpc) is 3.54. The van der Waals surface area contributed by atoms with Crippen molar-refractivity contribution in [3.8, 4) is 33.4 Å². The van der Waals surface area contributed by atoms with E-state index < -0.39 is 0 Å². The first kappa shape index (κ1) is 32.2. The van der Waals surface area contributed by atoms with E-state index >= 15 is 0 Å². The number of benzene rings is 8. The Hall–Kier alpha value is -4.72. The molecule has 1 heterocycles. The Kier molecular flexibility index (Phi) is 7.53. The van der Waals surface area contributed by atoms with Crippen LogP contribution in [0.3, 0.4) is 0 Å². The molecule has 0 radical (unpaired) electrons. The number of rotatable bonds is 3. The molecule has 1 aromatic heterocycles. The molecule has 0 unspecified atom stereocenters. The van der Waals surface area contributed by atoms with Crippen molar-refractivity contribution in [1.29, 1.82) is 0 Å². The van der Waals surface area contributed by atoms with Crippen LogP contribution in [0.15, 0.2) is 109 Å². The summed E-state index contributed by atoms with van der Waals surface area (Å²) in [5.74, 6) is 0. The van der Waals surface area contributed by atoms with Gasteiger partial charge in [0, 0.05) is 20.2 Å². The molecule has 9 rings (SSSR count). The highest BCUT2D eigenvalue weighted by Crippen LogP contribution is 2.43. The van der Waals surface area contributed by atoms with Crippen molar-refractivity contribution < 1.29 is 0 Å². The standard InChI is InChI=1S/C42H34B8S/c43-35-31-29(21-14-12-19(13-15-21)22-16-17-28-26(18-22)24-9-3-4-11-27(24)51-28)32-34(38(46)42(50)40(48)36(32)44)30(33(31)37(45)41(49)39(35)47)25-10-5-7-20-6-1-2-8-23(20)25/h1-18H,43-50H2. The van der Waals surface area contributed by atoms with Crippen molar-refractivity contribution in [1.82, 2.24) is 0 Å². The van der Waals surface area contributed by atoms with Crippen LogP contribution < -0.4 is 43.7 Å². The first-order chi connectivity index (χ1) is 24.7. The molecule has 0 saturated heterocycles. The Morgan fingerprint density at radius 1 is 0.333 bits per heavy atom. The fraction of sp³-hybridized carbons (Fsp3) is 0. The van der Waals surface area contributed by atoms with Crippen LogP contribution in [0.25, 0.3) is 85.9 Å². The predicted octanol–water partition coefficient (Wildman–Crippen LogP) is -1.42. The van der Waals surface area contributed by atoms with Gasteiger partial charge in [-0.05, 0) is 83.9 Å².